The van der Waals surface area contributed by atoms with Crippen molar-refractivity contribution in [2.75, 3.05) is 12.3 Å². The van der Waals surface area contributed by atoms with E-state index in [9.17, 15) is 19.8 Å². The van der Waals surface area contributed by atoms with Crippen molar-refractivity contribution in [3.8, 4) is 39.5 Å². The number of carbonyl (C=O) groups is 2. The van der Waals surface area contributed by atoms with Crippen molar-refractivity contribution in [1.29, 1.82) is 0 Å². The zero-order valence-corrected chi connectivity index (χ0v) is 29.2. The highest BCUT2D eigenvalue weighted by Crippen LogP contribution is 2.47. The van der Waals surface area contributed by atoms with Gasteiger partial charge in [0, 0.05) is 21.0 Å². The van der Waals surface area contributed by atoms with Crippen molar-refractivity contribution in [2.45, 2.75) is 68.1 Å². The monoisotopic (exact) mass is 683 g/mol. The molecule has 1 fully saturated rings. The van der Waals surface area contributed by atoms with E-state index in [0.29, 0.717) is 34.3 Å². The van der Waals surface area contributed by atoms with Gasteiger partial charge in [0.15, 0.2) is 5.78 Å². The summed E-state index contributed by atoms with van der Waals surface area (Å²) in [6, 6.07) is 28.6. The third-order valence-corrected chi connectivity index (χ3v) is 11.3. The molecule has 0 unspecified atom stereocenters. The van der Waals surface area contributed by atoms with Crippen LogP contribution in [0, 0.1) is 5.92 Å². The lowest BCUT2D eigenvalue weighted by atomic mass is 9.77. The maximum Gasteiger partial charge on any atom is 0.202 e. The molecule has 0 aliphatic heterocycles. The second-order valence-corrected chi connectivity index (χ2v) is 14.4. The van der Waals surface area contributed by atoms with Crippen LogP contribution in [0.4, 0.5) is 5.69 Å². The molecule has 2 aliphatic rings. The van der Waals surface area contributed by atoms with Crippen molar-refractivity contribution in [1.82, 2.24) is 0 Å². The third kappa shape index (κ3) is 6.27. The van der Waals surface area contributed by atoms with Gasteiger partial charge < -0.3 is 20.7 Å². The van der Waals surface area contributed by atoms with E-state index in [1.807, 2.05) is 19.1 Å². The Hall–Kier alpha value is -5.01. The predicted molar refractivity (Wildman–Crippen MR) is 200 cm³/mol. The standard InChI is InChI=1S/C43H41NO5S/c1-3-5-25-6-8-26(9-7-25)27-10-12-28(13-11-27)29-16-20-32(21-17-29)50-36-23-22-35(45)38-39(36)42(47)37-34(44)24-33(41(46)40(37)43(38)48)30-14-18-31(19-15-30)49-4-2/h10-26,45-46H,3-9,44H2,1-2H3. The maximum absolute atomic E-state index is 14.1. The van der Waals surface area contributed by atoms with Crippen LogP contribution in [-0.2, 0) is 0 Å². The number of hydrogen-bond acceptors (Lipinski definition) is 7. The van der Waals surface area contributed by atoms with Crippen molar-refractivity contribution in [3.63, 3.8) is 0 Å². The first-order chi connectivity index (χ1) is 24.3. The number of benzene rings is 5. The second kappa shape index (κ2) is 14.1. The Kier molecular flexibility index (Phi) is 9.43. The Balaban J connectivity index is 1.13. The van der Waals surface area contributed by atoms with Gasteiger partial charge in [0.25, 0.3) is 0 Å². The van der Waals surface area contributed by atoms with Gasteiger partial charge in [-0.3, -0.25) is 9.59 Å². The number of hydrogen-bond donors (Lipinski definition) is 3. The van der Waals surface area contributed by atoms with E-state index in [2.05, 4.69) is 43.3 Å². The second-order valence-electron chi connectivity index (χ2n) is 13.3. The summed E-state index contributed by atoms with van der Waals surface area (Å²) >= 11 is 1.34. The van der Waals surface area contributed by atoms with Gasteiger partial charge in [0.1, 0.15) is 17.2 Å². The van der Waals surface area contributed by atoms with Gasteiger partial charge in [-0.15, -0.1) is 0 Å². The van der Waals surface area contributed by atoms with Gasteiger partial charge >= 0.3 is 0 Å². The quantitative estimate of drug-likeness (QED) is 0.103. The molecule has 2 aliphatic carbocycles. The fraction of sp³-hybridized carbons (Fsp3) is 0.256. The van der Waals surface area contributed by atoms with Gasteiger partial charge in [-0.2, -0.15) is 0 Å². The van der Waals surface area contributed by atoms with Crippen LogP contribution in [0.3, 0.4) is 0 Å². The molecule has 5 aromatic carbocycles. The molecule has 7 rings (SSSR count). The molecule has 0 aromatic heterocycles. The van der Waals surface area contributed by atoms with Crippen LogP contribution in [0.5, 0.6) is 17.2 Å². The smallest absolute Gasteiger partial charge is 0.202 e. The summed E-state index contributed by atoms with van der Waals surface area (Å²) in [5.74, 6) is 0.342. The van der Waals surface area contributed by atoms with Crippen LogP contribution in [0.2, 0.25) is 0 Å². The van der Waals surface area contributed by atoms with Gasteiger partial charge in [-0.25, -0.2) is 0 Å². The Labute approximate surface area is 297 Å². The molecular formula is C43H41NO5S. The lowest BCUT2D eigenvalue weighted by molar-refractivity contribution is 0.0972. The highest BCUT2D eigenvalue weighted by atomic mass is 32.2. The van der Waals surface area contributed by atoms with Crippen molar-refractivity contribution in [3.05, 3.63) is 119 Å². The summed E-state index contributed by atoms with van der Waals surface area (Å²) < 4.78 is 5.52. The number of rotatable bonds is 9. The zero-order valence-electron chi connectivity index (χ0n) is 28.4. The molecule has 50 heavy (non-hydrogen) atoms. The summed E-state index contributed by atoms with van der Waals surface area (Å²) in [7, 11) is 0. The summed E-state index contributed by atoms with van der Waals surface area (Å²) in [4.78, 5) is 29.5. The number of fused-ring (bicyclic) bond motifs is 2. The minimum absolute atomic E-state index is 0.0602. The van der Waals surface area contributed by atoms with E-state index in [1.165, 1.54) is 68.0 Å². The minimum atomic E-state index is -0.653. The van der Waals surface area contributed by atoms with Crippen LogP contribution in [0.1, 0.15) is 95.7 Å². The van der Waals surface area contributed by atoms with Crippen LogP contribution >= 0.6 is 11.8 Å². The fourth-order valence-electron chi connectivity index (χ4n) is 7.62. The number of anilines is 1. The van der Waals surface area contributed by atoms with Gasteiger partial charge in [-0.05, 0) is 109 Å². The van der Waals surface area contributed by atoms with Crippen LogP contribution in [0.25, 0.3) is 22.3 Å². The topological polar surface area (TPSA) is 110 Å². The van der Waals surface area contributed by atoms with Crippen molar-refractivity contribution in [2.24, 2.45) is 5.92 Å². The number of ether oxygens (including phenoxy) is 1. The number of phenols is 2. The zero-order chi connectivity index (χ0) is 34.9. The molecule has 1 saturated carbocycles. The first kappa shape index (κ1) is 33.5. The Bertz CT molecular complexity index is 2060. The molecule has 0 amide bonds. The van der Waals surface area contributed by atoms with E-state index in [0.717, 1.165) is 21.9 Å². The van der Waals surface area contributed by atoms with Gasteiger partial charge in [0.05, 0.1) is 28.9 Å². The minimum Gasteiger partial charge on any atom is -0.507 e. The van der Waals surface area contributed by atoms with Gasteiger partial charge in [-0.1, -0.05) is 80.1 Å². The molecule has 0 saturated heterocycles. The Morgan fingerprint density at radius 3 is 1.98 bits per heavy atom. The summed E-state index contributed by atoms with van der Waals surface area (Å²) in [5.41, 5.74) is 10.8. The summed E-state index contributed by atoms with van der Waals surface area (Å²) in [6.45, 7) is 4.68. The highest BCUT2D eigenvalue weighted by Gasteiger charge is 2.39. The summed E-state index contributed by atoms with van der Waals surface area (Å²) in [6.07, 6.45) is 7.83. The molecule has 0 radical (unpaired) electrons. The predicted octanol–water partition coefficient (Wildman–Crippen LogP) is 10.4. The first-order valence-corrected chi connectivity index (χ1v) is 18.3. The number of nitrogens with two attached hydrogens (primary N) is 1. The lowest BCUT2D eigenvalue weighted by Crippen LogP contribution is -2.24. The third-order valence-electron chi connectivity index (χ3n) is 10.2. The maximum atomic E-state index is 14.1. The average molecular weight is 684 g/mol. The normalized spacial score (nSPS) is 16.9. The van der Waals surface area contributed by atoms with Crippen molar-refractivity contribution >= 4 is 29.0 Å². The molecule has 0 bridgehead atoms. The molecule has 5 aromatic rings. The SMILES string of the molecule is CCCC1CCC(c2ccc(-c3ccc(Sc4ccc(O)c5c4C(=O)c4c(N)cc(-c6ccc(OCC)cc6)c(O)c4C5=O)cc3)cc2)CC1. The lowest BCUT2D eigenvalue weighted by Gasteiger charge is -2.28. The van der Waals surface area contributed by atoms with E-state index < -0.39 is 11.6 Å². The molecule has 254 valence electrons. The van der Waals surface area contributed by atoms with Crippen LogP contribution < -0.4 is 10.5 Å². The Morgan fingerprint density at radius 2 is 1.34 bits per heavy atom. The van der Waals surface area contributed by atoms with E-state index in [4.69, 9.17) is 10.5 Å². The summed E-state index contributed by atoms with van der Waals surface area (Å²) in [5, 5.41) is 22.3. The fourth-order valence-corrected chi connectivity index (χ4v) is 8.58. The Morgan fingerprint density at radius 1 is 0.720 bits per heavy atom. The number of phenolic OH excluding ortho intramolecular Hbond substituents is 2. The molecular weight excluding hydrogens is 643 g/mol. The number of carbonyl (C=O) groups excluding carboxylic acids is 2. The molecule has 7 heteroatoms. The molecule has 0 heterocycles. The molecule has 0 atom stereocenters. The molecule has 4 N–H and O–H groups in total. The number of nitrogen functional groups attached to an aromatic ring is 1. The van der Waals surface area contributed by atoms with Crippen molar-refractivity contribution < 1.29 is 24.5 Å². The first-order valence-electron chi connectivity index (χ1n) is 17.5. The number of ketones is 2. The molecule has 6 nitrogen and oxygen atoms in total. The van der Waals surface area contributed by atoms with E-state index in [-0.39, 0.29) is 39.4 Å². The van der Waals surface area contributed by atoms with Crippen LogP contribution in [0.15, 0.2) is 101 Å². The van der Waals surface area contributed by atoms with Crippen LogP contribution in [-0.4, -0.2) is 28.4 Å². The van der Waals surface area contributed by atoms with E-state index >= 15 is 0 Å². The highest BCUT2D eigenvalue weighted by molar-refractivity contribution is 7.99. The average Bonchev–Trinajstić information content (AvgIpc) is 3.13. The van der Waals surface area contributed by atoms with Gasteiger partial charge in [0.2, 0.25) is 5.78 Å². The molecule has 0 spiro atoms. The number of aromatic hydroxyl groups is 2. The largest absolute Gasteiger partial charge is 0.507 e. The van der Waals surface area contributed by atoms with E-state index in [1.54, 1.807) is 30.3 Å².